The number of carboxylic acids is 1. The lowest BCUT2D eigenvalue weighted by atomic mass is 10.1. The molecule has 1 aromatic rings. The van der Waals surface area contributed by atoms with Crippen LogP contribution < -0.4 is 0 Å². The van der Waals surface area contributed by atoms with Gasteiger partial charge in [0.05, 0.1) is 12.0 Å². The molecule has 0 radical (unpaired) electrons. The summed E-state index contributed by atoms with van der Waals surface area (Å²) in [6, 6.07) is 0. The van der Waals surface area contributed by atoms with Gasteiger partial charge in [0.15, 0.2) is 10.9 Å². The average Bonchev–Trinajstić information content (AvgIpc) is 2.35. The number of aliphatic hydroxyl groups is 2. The zero-order valence-corrected chi connectivity index (χ0v) is 10.4. The van der Waals surface area contributed by atoms with Crippen molar-refractivity contribution in [1.82, 2.24) is 9.97 Å². The molecular weight excluding hydrogens is 268 g/mol. The molecule has 0 spiro atoms. The number of aromatic carboxylic acids is 1. The van der Waals surface area contributed by atoms with E-state index in [1.54, 1.807) is 6.26 Å². The molecule has 2 atom stereocenters. The molecule has 0 aliphatic heterocycles. The maximum absolute atomic E-state index is 11.0. The summed E-state index contributed by atoms with van der Waals surface area (Å²) in [5, 5.41) is 28.3. The number of hydrogen-bond donors (Lipinski definition) is 3. The van der Waals surface area contributed by atoms with E-state index in [1.807, 2.05) is 0 Å². The number of aromatic nitrogens is 2. The number of carbonyl (C=O) groups is 1. The number of carboxylic acid groups (broad SMARTS) is 1. The van der Waals surface area contributed by atoms with Gasteiger partial charge in [-0.2, -0.15) is 0 Å². The topological polar surface area (TPSA) is 104 Å². The number of rotatable bonds is 5. The summed E-state index contributed by atoms with van der Waals surface area (Å²) in [5.74, 6) is -1.51. The number of alkyl halides is 1. The summed E-state index contributed by atoms with van der Waals surface area (Å²) >= 11 is 6.56. The molecule has 0 amide bonds. The van der Waals surface area contributed by atoms with Crippen LogP contribution in [0.5, 0.6) is 0 Å². The third-order valence-corrected chi connectivity index (χ3v) is 2.90. The molecule has 6 nitrogen and oxygen atoms in total. The molecule has 0 saturated carbocycles. The number of nitrogens with zero attached hydrogens (tertiary/aromatic N) is 2. The molecule has 1 heterocycles. The van der Waals surface area contributed by atoms with Gasteiger partial charge in [0, 0.05) is 11.8 Å². The molecule has 0 aliphatic carbocycles. The monoisotopic (exact) mass is 278 g/mol. The lowest BCUT2D eigenvalue weighted by molar-refractivity contribution is 0.0305. The fourth-order valence-corrected chi connectivity index (χ4v) is 1.66. The second kappa shape index (κ2) is 6.15. The summed E-state index contributed by atoms with van der Waals surface area (Å²) in [7, 11) is 0. The summed E-state index contributed by atoms with van der Waals surface area (Å²) in [5.41, 5.74) is -0.385. The van der Waals surface area contributed by atoms with Crippen LogP contribution in [0.4, 0.5) is 0 Å². The number of halogens is 1. The van der Waals surface area contributed by atoms with Gasteiger partial charge in [-0.25, -0.2) is 14.8 Å². The van der Waals surface area contributed by atoms with Crippen molar-refractivity contribution in [3.05, 3.63) is 17.5 Å². The summed E-state index contributed by atoms with van der Waals surface area (Å²) in [6.07, 6.45) is 0.195. The van der Waals surface area contributed by atoms with Crippen molar-refractivity contribution >= 4 is 29.3 Å². The van der Waals surface area contributed by atoms with Crippen LogP contribution >= 0.6 is 23.4 Å². The highest BCUT2D eigenvalue weighted by Crippen LogP contribution is 2.22. The Morgan fingerprint density at radius 2 is 2.24 bits per heavy atom. The average molecular weight is 279 g/mol. The molecule has 8 heteroatoms. The van der Waals surface area contributed by atoms with Crippen molar-refractivity contribution in [3.8, 4) is 0 Å². The van der Waals surface area contributed by atoms with Gasteiger partial charge in [-0.15, -0.1) is 11.6 Å². The van der Waals surface area contributed by atoms with Gasteiger partial charge >= 0.3 is 5.97 Å². The Morgan fingerprint density at radius 3 is 2.71 bits per heavy atom. The van der Waals surface area contributed by atoms with Crippen molar-refractivity contribution in [2.24, 2.45) is 0 Å². The lowest BCUT2D eigenvalue weighted by Crippen LogP contribution is -2.23. The first-order valence-corrected chi connectivity index (χ1v) is 6.33. The van der Waals surface area contributed by atoms with Crippen LogP contribution in [-0.2, 0) is 0 Å². The second-order valence-corrected chi connectivity index (χ2v) is 4.21. The molecule has 17 heavy (non-hydrogen) atoms. The maximum Gasteiger partial charge on any atom is 0.355 e. The number of aliphatic hydroxyl groups excluding tert-OH is 2. The maximum atomic E-state index is 11.0. The molecule has 0 saturated heterocycles. The first-order valence-electron chi connectivity index (χ1n) is 4.57. The predicted molar refractivity (Wildman–Crippen MR) is 62.5 cm³/mol. The molecule has 0 aliphatic rings. The van der Waals surface area contributed by atoms with Gasteiger partial charge in [-0.1, -0.05) is 11.8 Å². The van der Waals surface area contributed by atoms with Gasteiger partial charge < -0.3 is 15.3 Å². The van der Waals surface area contributed by atoms with Crippen molar-refractivity contribution in [2.45, 2.75) is 17.4 Å². The van der Waals surface area contributed by atoms with E-state index >= 15 is 0 Å². The van der Waals surface area contributed by atoms with Crippen LogP contribution in [0.3, 0.4) is 0 Å². The van der Waals surface area contributed by atoms with E-state index in [9.17, 15) is 15.0 Å². The normalized spacial score (nSPS) is 14.4. The highest BCUT2D eigenvalue weighted by atomic mass is 35.5. The van der Waals surface area contributed by atoms with E-state index in [4.69, 9.17) is 16.7 Å². The van der Waals surface area contributed by atoms with E-state index < -0.39 is 18.2 Å². The van der Waals surface area contributed by atoms with Crippen molar-refractivity contribution in [2.75, 3.05) is 12.1 Å². The molecule has 2 unspecified atom stereocenters. The zero-order chi connectivity index (χ0) is 13.0. The fraction of sp³-hybridized carbons (Fsp3) is 0.444. The van der Waals surface area contributed by atoms with Crippen LogP contribution in [0, 0.1) is 0 Å². The van der Waals surface area contributed by atoms with Crippen molar-refractivity contribution < 1.29 is 20.1 Å². The predicted octanol–water partition coefficient (Wildman–Crippen LogP) is 0.530. The second-order valence-electron chi connectivity index (χ2n) is 3.13. The standard InChI is InChI=1S/C9H11ClN2O4S/c1-17-9-11-3-4(6(12-9)8(15)16)7(14)5(13)2-10/h3,5,7,13-14H,2H2,1H3,(H,15,16). The summed E-state index contributed by atoms with van der Waals surface area (Å²) in [6.45, 7) is 0. The van der Waals surface area contributed by atoms with Gasteiger partial charge in [0.2, 0.25) is 0 Å². The van der Waals surface area contributed by atoms with Gasteiger partial charge in [-0.05, 0) is 6.26 Å². The molecule has 0 fully saturated rings. The van der Waals surface area contributed by atoms with Gasteiger partial charge in [0.25, 0.3) is 0 Å². The highest BCUT2D eigenvalue weighted by molar-refractivity contribution is 7.98. The molecule has 3 N–H and O–H groups in total. The third kappa shape index (κ3) is 3.29. The molecule has 1 aromatic heterocycles. The van der Waals surface area contributed by atoms with Gasteiger partial charge in [-0.3, -0.25) is 0 Å². The first kappa shape index (κ1) is 14.2. The molecule has 0 aromatic carbocycles. The SMILES string of the molecule is CSc1ncc(C(O)C(O)CCl)c(C(=O)O)n1. The zero-order valence-electron chi connectivity index (χ0n) is 8.87. The third-order valence-electron chi connectivity index (χ3n) is 2.02. The smallest absolute Gasteiger partial charge is 0.355 e. The van der Waals surface area contributed by atoms with Crippen LogP contribution in [0.1, 0.15) is 22.2 Å². The minimum atomic E-state index is -1.42. The largest absolute Gasteiger partial charge is 0.476 e. The quantitative estimate of drug-likeness (QED) is 0.410. The Hall–Kier alpha value is -0.890. The van der Waals surface area contributed by atoms with Crippen LogP contribution in [0.15, 0.2) is 11.4 Å². The fourth-order valence-electron chi connectivity index (χ4n) is 1.15. The van der Waals surface area contributed by atoms with Crippen LogP contribution in [0.25, 0.3) is 0 Å². The highest BCUT2D eigenvalue weighted by Gasteiger charge is 2.25. The molecule has 1 rings (SSSR count). The van der Waals surface area contributed by atoms with Gasteiger partial charge in [0.1, 0.15) is 6.10 Å². The number of thioether (sulfide) groups is 1. The molecular formula is C9H11ClN2O4S. The Balaban J connectivity index is 3.18. The van der Waals surface area contributed by atoms with Crippen LogP contribution in [0.2, 0.25) is 0 Å². The lowest BCUT2D eigenvalue weighted by Gasteiger charge is -2.16. The minimum Gasteiger partial charge on any atom is -0.476 e. The van der Waals surface area contributed by atoms with E-state index in [0.717, 1.165) is 0 Å². The van der Waals surface area contributed by atoms with E-state index in [1.165, 1.54) is 18.0 Å². The van der Waals surface area contributed by atoms with Crippen molar-refractivity contribution in [1.29, 1.82) is 0 Å². The Morgan fingerprint density at radius 1 is 1.59 bits per heavy atom. The van der Waals surface area contributed by atoms with E-state index in [2.05, 4.69) is 9.97 Å². The van der Waals surface area contributed by atoms with E-state index in [0.29, 0.717) is 0 Å². The summed E-state index contributed by atoms with van der Waals surface area (Å²) in [4.78, 5) is 18.6. The van der Waals surface area contributed by atoms with E-state index in [-0.39, 0.29) is 22.3 Å². The van der Waals surface area contributed by atoms with Crippen molar-refractivity contribution in [3.63, 3.8) is 0 Å². The summed E-state index contributed by atoms with van der Waals surface area (Å²) < 4.78 is 0. The Labute approximate surface area is 107 Å². The van der Waals surface area contributed by atoms with Crippen LogP contribution in [-0.4, -0.2) is 49.5 Å². The Kier molecular flexibility index (Phi) is 5.13. The minimum absolute atomic E-state index is 0.0524. The number of hydrogen-bond acceptors (Lipinski definition) is 6. The first-order chi connectivity index (χ1) is 8.01. The Bertz CT molecular complexity index is 418. The molecule has 0 bridgehead atoms. The molecule has 94 valence electrons.